The van der Waals surface area contributed by atoms with Crippen molar-refractivity contribution in [3.05, 3.63) is 23.9 Å². The van der Waals surface area contributed by atoms with Crippen LogP contribution in [0.2, 0.25) is 0 Å². The number of carbonyl (C=O) groups is 2. The summed E-state index contributed by atoms with van der Waals surface area (Å²) in [5.74, 6) is -6.61. The number of hydrogen-bond acceptors (Lipinski definition) is 4. The van der Waals surface area contributed by atoms with Crippen molar-refractivity contribution < 1.29 is 37.0 Å². The number of aromatic nitrogens is 1. The monoisotopic (exact) mass is 350 g/mol. The summed E-state index contributed by atoms with van der Waals surface area (Å²) in [5.41, 5.74) is -0.00475. The zero-order valence-corrected chi connectivity index (χ0v) is 12.2. The van der Waals surface area contributed by atoms with Crippen LogP contribution >= 0.6 is 0 Å². The predicted octanol–water partition coefficient (Wildman–Crippen LogP) is 1.95. The van der Waals surface area contributed by atoms with Gasteiger partial charge < -0.3 is 15.2 Å². The minimum absolute atomic E-state index is 0.00475. The molecule has 1 aromatic rings. The SMILES string of the molecule is O=C(NC(C(=O)O)C1CC1)c1ccc(OCC(F)(F)C(F)F)nc1. The molecule has 24 heavy (non-hydrogen) atoms. The van der Waals surface area contributed by atoms with Crippen LogP contribution in [0.1, 0.15) is 23.2 Å². The third kappa shape index (κ3) is 4.56. The summed E-state index contributed by atoms with van der Waals surface area (Å²) in [5, 5.41) is 11.4. The summed E-state index contributed by atoms with van der Waals surface area (Å²) in [4.78, 5) is 26.6. The molecule has 0 aliphatic heterocycles. The smallest absolute Gasteiger partial charge is 0.340 e. The van der Waals surface area contributed by atoms with E-state index in [1.165, 1.54) is 6.07 Å². The van der Waals surface area contributed by atoms with Crippen molar-refractivity contribution in [2.24, 2.45) is 5.92 Å². The van der Waals surface area contributed by atoms with Gasteiger partial charge in [0.1, 0.15) is 6.04 Å². The number of carbonyl (C=O) groups excluding carboxylic acids is 1. The Kier molecular flexibility index (Phi) is 5.25. The molecular formula is C14H14F4N2O4. The molecule has 0 radical (unpaired) electrons. The highest BCUT2D eigenvalue weighted by molar-refractivity contribution is 5.96. The lowest BCUT2D eigenvalue weighted by atomic mass is 10.1. The van der Waals surface area contributed by atoms with Crippen LogP contribution in [0.15, 0.2) is 18.3 Å². The number of nitrogens with one attached hydrogen (secondary N) is 1. The molecule has 1 aliphatic rings. The van der Waals surface area contributed by atoms with E-state index >= 15 is 0 Å². The standard InChI is InChI=1S/C14H14F4N2O4/c15-13(16)14(17,18)6-24-9-4-3-8(5-19-9)11(21)20-10(12(22)23)7-1-2-7/h3-5,7,10,13H,1-2,6H2,(H,20,21)(H,22,23). The molecule has 1 atom stereocenters. The van der Waals surface area contributed by atoms with E-state index in [0.717, 1.165) is 12.3 Å². The Morgan fingerprint density at radius 2 is 2.04 bits per heavy atom. The molecule has 0 bridgehead atoms. The van der Waals surface area contributed by atoms with E-state index in [4.69, 9.17) is 5.11 Å². The molecule has 0 aromatic carbocycles. The van der Waals surface area contributed by atoms with Crippen LogP contribution in [0.3, 0.4) is 0 Å². The van der Waals surface area contributed by atoms with Gasteiger partial charge in [-0.25, -0.2) is 18.6 Å². The van der Waals surface area contributed by atoms with Gasteiger partial charge in [0.2, 0.25) is 5.88 Å². The molecule has 6 nitrogen and oxygen atoms in total. The highest BCUT2D eigenvalue weighted by Gasteiger charge is 2.42. The maximum absolute atomic E-state index is 12.7. The quantitative estimate of drug-likeness (QED) is 0.700. The predicted molar refractivity (Wildman–Crippen MR) is 72.3 cm³/mol. The number of alkyl halides is 4. The number of rotatable bonds is 8. The average molecular weight is 350 g/mol. The number of ether oxygens (including phenoxy) is 1. The van der Waals surface area contributed by atoms with Crippen LogP contribution in [-0.2, 0) is 4.79 Å². The number of nitrogens with zero attached hydrogens (tertiary/aromatic N) is 1. The lowest BCUT2D eigenvalue weighted by Crippen LogP contribution is -2.42. The first-order chi connectivity index (χ1) is 11.2. The molecule has 1 aromatic heterocycles. The number of amides is 1. The second-order valence-corrected chi connectivity index (χ2v) is 5.36. The van der Waals surface area contributed by atoms with Gasteiger partial charge in [0, 0.05) is 12.3 Å². The van der Waals surface area contributed by atoms with Crippen LogP contribution in [0, 0.1) is 5.92 Å². The Bertz CT molecular complexity index is 605. The van der Waals surface area contributed by atoms with E-state index in [2.05, 4.69) is 15.0 Å². The van der Waals surface area contributed by atoms with Crippen LogP contribution in [0.4, 0.5) is 17.6 Å². The van der Waals surface area contributed by atoms with E-state index in [1.807, 2.05) is 0 Å². The Morgan fingerprint density at radius 3 is 2.50 bits per heavy atom. The first-order valence-electron chi connectivity index (χ1n) is 6.99. The zero-order valence-electron chi connectivity index (χ0n) is 12.2. The van der Waals surface area contributed by atoms with Crippen molar-refractivity contribution in [3.8, 4) is 5.88 Å². The molecule has 0 saturated heterocycles. The van der Waals surface area contributed by atoms with Crippen LogP contribution in [-0.4, -0.2) is 47.0 Å². The summed E-state index contributed by atoms with van der Waals surface area (Å²) >= 11 is 0. The molecule has 10 heteroatoms. The maximum Gasteiger partial charge on any atom is 0.340 e. The summed E-state index contributed by atoms with van der Waals surface area (Å²) in [6, 6.07) is 1.23. The molecular weight excluding hydrogens is 336 g/mol. The van der Waals surface area contributed by atoms with Gasteiger partial charge in [-0.3, -0.25) is 4.79 Å². The molecule has 1 amide bonds. The van der Waals surface area contributed by atoms with Gasteiger partial charge in [-0.2, -0.15) is 8.78 Å². The van der Waals surface area contributed by atoms with E-state index < -0.39 is 36.9 Å². The first kappa shape index (κ1) is 18.0. The number of carboxylic acids is 1. The zero-order chi connectivity index (χ0) is 17.9. The number of carboxylic acid groups (broad SMARTS) is 1. The summed E-state index contributed by atoms with van der Waals surface area (Å²) < 4.78 is 53.9. The van der Waals surface area contributed by atoms with Gasteiger partial charge >= 0.3 is 18.3 Å². The maximum atomic E-state index is 12.7. The van der Waals surface area contributed by atoms with Gasteiger partial charge in [-0.15, -0.1) is 0 Å². The van der Waals surface area contributed by atoms with E-state index in [-0.39, 0.29) is 17.4 Å². The minimum Gasteiger partial charge on any atom is -0.480 e. The Morgan fingerprint density at radius 1 is 1.38 bits per heavy atom. The van der Waals surface area contributed by atoms with Crippen LogP contribution in [0.25, 0.3) is 0 Å². The van der Waals surface area contributed by atoms with Crippen molar-refractivity contribution in [2.75, 3.05) is 6.61 Å². The lowest BCUT2D eigenvalue weighted by Gasteiger charge is -2.16. The highest BCUT2D eigenvalue weighted by atomic mass is 19.3. The highest BCUT2D eigenvalue weighted by Crippen LogP contribution is 2.32. The van der Waals surface area contributed by atoms with Crippen molar-refractivity contribution in [1.29, 1.82) is 0 Å². The molecule has 1 unspecified atom stereocenters. The number of aliphatic carboxylic acids is 1. The second kappa shape index (κ2) is 7.02. The first-order valence-corrected chi connectivity index (χ1v) is 6.99. The van der Waals surface area contributed by atoms with E-state index in [9.17, 15) is 27.2 Å². The fraction of sp³-hybridized carbons (Fsp3) is 0.500. The topological polar surface area (TPSA) is 88.5 Å². The van der Waals surface area contributed by atoms with Gasteiger partial charge in [0.05, 0.1) is 5.56 Å². The van der Waals surface area contributed by atoms with Gasteiger partial charge in [0.15, 0.2) is 6.61 Å². The van der Waals surface area contributed by atoms with Crippen molar-refractivity contribution in [1.82, 2.24) is 10.3 Å². The molecule has 1 fully saturated rings. The normalized spacial score (nSPS) is 15.9. The van der Waals surface area contributed by atoms with Crippen molar-refractivity contribution in [2.45, 2.75) is 31.2 Å². The number of pyridine rings is 1. The lowest BCUT2D eigenvalue weighted by molar-refractivity contribution is -0.148. The molecule has 0 spiro atoms. The summed E-state index contributed by atoms with van der Waals surface area (Å²) in [7, 11) is 0. The van der Waals surface area contributed by atoms with Crippen LogP contribution < -0.4 is 10.1 Å². The third-order valence-corrected chi connectivity index (χ3v) is 3.38. The average Bonchev–Trinajstić information content (AvgIpc) is 3.35. The van der Waals surface area contributed by atoms with Gasteiger partial charge in [-0.05, 0) is 24.8 Å². The van der Waals surface area contributed by atoms with Gasteiger partial charge in [0.25, 0.3) is 5.91 Å². The number of halogens is 4. The van der Waals surface area contributed by atoms with Crippen molar-refractivity contribution in [3.63, 3.8) is 0 Å². The Labute approximate surface area is 133 Å². The fourth-order valence-corrected chi connectivity index (χ4v) is 1.87. The van der Waals surface area contributed by atoms with Crippen LogP contribution in [0.5, 0.6) is 5.88 Å². The third-order valence-electron chi connectivity index (χ3n) is 3.38. The minimum atomic E-state index is -4.31. The molecule has 2 rings (SSSR count). The largest absolute Gasteiger partial charge is 0.480 e. The molecule has 1 heterocycles. The second-order valence-electron chi connectivity index (χ2n) is 5.36. The molecule has 2 N–H and O–H groups in total. The van der Waals surface area contributed by atoms with E-state index in [0.29, 0.717) is 12.8 Å². The molecule has 1 saturated carbocycles. The Hall–Kier alpha value is -2.39. The van der Waals surface area contributed by atoms with Crippen molar-refractivity contribution >= 4 is 11.9 Å². The number of hydrogen-bond donors (Lipinski definition) is 2. The van der Waals surface area contributed by atoms with Gasteiger partial charge in [-0.1, -0.05) is 0 Å². The Balaban J connectivity index is 1.93. The van der Waals surface area contributed by atoms with E-state index in [1.54, 1.807) is 0 Å². The molecule has 132 valence electrons. The fourth-order valence-electron chi connectivity index (χ4n) is 1.87. The summed E-state index contributed by atoms with van der Waals surface area (Å²) in [6.45, 7) is -1.55. The summed E-state index contributed by atoms with van der Waals surface area (Å²) in [6.07, 6.45) is -1.46. The molecule has 1 aliphatic carbocycles.